The Morgan fingerprint density at radius 2 is 2.11 bits per heavy atom. The van der Waals surface area contributed by atoms with Crippen LogP contribution in [0.25, 0.3) is 10.9 Å². The fourth-order valence-electron chi connectivity index (χ4n) is 2.75. The molecule has 2 N–H and O–H groups in total. The fraction of sp³-hybridized carbons (Fsp3) is 0.429. The summed E-state index contributed by atoms with van der Waals surface area (Å²) in [4.78, 5) is 3.30. The average Bonchev–Trinajstić information content (AvgIpc) is 3.05. The van der Waals surface area contributed by atoms with Gasteiger partial charge in [0.15, 0.2) is 11.5 Å². The zero-order valence-corrected chi connectivity index (χ0v) is 10.6. The quantitative estimate of drug-likeness (QED) is 0.857. The molecule has 0 saturated carbocycles. The van der Waals surface area contributed by atoms with Crippen LogP contribution >= 0.6 is 0 Å². The van der Waals surface area contributed by atoms with Crippen molar-refractivity contribution in [3.8, 4) is 11.5 Å². The van der Waals surface area contributed by atoms with Crippen molar-refractivity contribution < 1.29 is 14.2 Å². The molecule has 1 aromatic heterocycles. The van der Waals surface area contributed by atoms with Gasteiger partial charge in [-0.05, 0) is 18.1 Å². The Labute approximate surface area is 110 Å². The lowest BCUT2D eigenvalue weighted by Gasteiger charge is -2.23. The summed E-state index contributed by atoms with van der Waals surface area (Å²) in [6.45, 7) is 2.83. The SMILES string of the molecule is c1[nH]c2cc3c(cc2c1C[C@H]1COCCN1)OCO3. The van der Waals surface area contributed by atoms with Crippen LogP contribution in [-0.4, -0.2) is 37.6 Å². The van der Waals surface area contributed by atoms with E-state index in [0.717, 1.165) is 43.2 Å². The summed E-state index contributed by atoms with van der Waals surface area (Å²) < 4.78 is 16.3. The van der Waals surface area contributed by atoms with Crippen LogP contribution in [0, 0.1) is 0 Å². The van der Waals surface area contributed by atoms with E-state index in [1.807, 2.05) is 6.07 Å². The van der Waals surface area contributed by atoms with Gasteiger partial charge in [-0.2, -0.15) is 0 Å². The molecule has 2 aliphatic rings. The van der Waals surface area contributed by atoms with Crippen LogP contribution in [0.4, 0.5) is 0 Å². The van der Waals surface area contributed by atoms with Crippen molar-refractivity contribution in [1.82, 2.24) is 10.3 Å². The summed E-state index contributed by atoms with van der Waals surface area (Å²) in [6.07, 6.45) is 3.02. The maximum absolute atomic E-state index is 5.50. The predicted molar refractivity (Wildman–Crippen MR) is 70.7 cm³/mol. The third kappa shape index (κ3) is 1.95. The summed E-state index contributed by atoms with van der Waals surface area (Å²) in [6, 6.07) is 4.46. The van der Waals surface area contributed by atoms with Crippen LogP contribution in [0.3, 0.4) is 0 Å². The van der Waals surface area contributed by atoms with Crippen LogP contribution in [-0.2, 0) is 11.2 Å². The van der Waals surface area contributed by atoms with Crippen LogP contribution in [0.1, 0.15) is 5.56 Å². The van der Waals surface area contributed by atoms with E-state index >= 15 is 0 Å². The minimum atomic E-state index is 0.315. The Hall–Kier alpha value is -1.72. The van der Waals surface area contributed by atoms with Crippen LogP contribution in [0.2, 0.25) is 0 Å². The lowest BCUT2D eigenvalue weighted by molar-refractivity contribution is 0.0771. The molecule has 0 unspecified atom stereocenters. The molecule has 3 heterocycles. The molecule has 0 amide bonds. The maximum Gasteiger partial charge on any atom is 0.231 e. The highest BCUT2D eigenvalue weighted by molar-refractivity contribution is 5.87. The Balaban J connectivity index is 1.66. The first-order chi connectivity index (χ1) is 9.40. The highest BCUT2D eigenvalue weighted by Crippen LogP contribution is 2.37. The first-order valence-electron chi connectivity index (χ1n) is 6.61. The van der Waals surface area contributed by atoms with Gasteiger partial charge in [0.25, 0.3) is 0 Å². The van der Waals surface area contributed by atoms with Gasteiger partial charge in [-0.3, -0.25) is 0 Å². The second-order valence-corrected chi connectivity index (χ2v) is 5.00. The molecule has 1 aromatic carbocycles. The van der Waals surface area contributed by atoms with Crippen molar-refractivity contribution >= 4 is 10.9 Å². The number of aromatic amines is 1. The van der Waals surface area contributed by atoms with Gasteiger partial charge in [-0.25, -0.2) is 0 Å². The zero-order chi connectivity index (χ0) is 12.7. The van der Waals surface area contributed by atoms with Crippen molar-refractivity contribution in [2.45, 2.75) is 12.5 Å². The van der Waals surface area contributed by atoms with E-state index in [0.29, 0.717) is 12.8 Å². The number of H-pyrrole nitrogens is 1. The molecule has 1 atom stereocenters. The standard InChI is InChI=1S/C14H16N2O3/c1-2-17-7-10(15-1)3-9-6-16-12-5-14-13(4-11(9)12)18-8-19-14/h4-6,10,15-16H,1-3,7-8H2/t10-/m0/s1. The number of ether oxygens (including phenoxy) is 3. The molecule has 2 aliphatic heterocycles. The van der Waals surface area contributed by atoms with Crippen molar-refractivity contribution in [1.29, 1.82) is 0 Å². The second-order valence-electron chi connectivity index (χ2n) is 5.00. The van der Waals surface area contributed by atoms with Crippen molar-refractivity contribution in [3.05, 3.63) is 23.9 Å². The molecule has 2 aromatic rings. The van der Waals surface area contributed by atoms with E-state index < -0.39 is 0 Å². The van der Waals surface area contributed by atoms with Gasteiger partial charge in [0.05, 0.1) is 13.2 Å². The van der Waals surface area contributed by atoms with Crippen molar-refractivity contribution in [2.24, 2.45) is 0 Å². The lowest BCUT2D eigenvalue weighted by atomic mass is 10.0. The third-order valence-corrected chi connectivity index (χ3v) is 3.73. The molecule has 0 spiro atoms. The Morgan fingerprint density at radius 1 is 1.21 bits per heavy atom. The number of morpholine rings is 1. The summed E-state index contributed by atoms with van der Waals surface area (Å²) in [5.41, 5.74) is 2.38. The van der Waals surface area contributed by atoms with Gasteiger partial charge in [-0.15, -0.1) is 0 Å². The molecule has 100 valence electrons. The maximum atomic E-state index is 5.50. The smallest absolute Gasteiger partial charge is 0.231 e. The number of benzene rings is 1. The largest absolute Gasteiger partial charge is 0.454 e. The molecule has 5 nitrogen and oxygen atoms in total. The minimum Gasteiger partial charge on any atom is -0.454 e. The monoisotopic (exact) mass is 260 g/mol. The number of nitrogens with one attached hydrogen (secondary N) is 2. The number of aromatic nitrogens is 1. The molecule has 0 aliphatic carbocycles. The second kappa shape index (κ2) is 4.43. The number of fused-ring (bicyclic) bond motifs is 2. The molecule has 0 bridgehead atoms. The van der Waals surface area contributed by atoms with Gasteiger partial charge in [0.1, 0.15) is 0 Å². The minimum absolute atomic E-state index is 0.315. The molecule has 19 heavy (non-hydrogen) atoms. The first-order valence-corrected chi connectivity index (χ1v) is 6.61. The molecule has 4 rings (SSSR count). The normalized spacial score (nSPS) is 22.0. The van der Waals surface area contributed by atoms with Crippen molar-refractivity contribution in [2.75, 3.05) is 26.6 Å². The predicted octanol–water partition coefficient (Wildman–Crippen LogP) is 1.43. The molecule has 5 heteroatoms. The van der Waals surface area contributed by atoms with Crippen LogP contribution < -0.4 is 14.8 Å². The Morgan fingerprint density at radius 3 is 2.95 bits per heavy atom. The summed E-state index contributed by atoms with van der Waals surface area (Å²) in [7, 11) is 0. The molecule has 1 saturated heterocycles. The topological polar surface area (TPSA) is 55.5 Å². The number of hydrogen-bond donors (Lipinski definition) is 2. The van der Waals surface area contributed by atoms with E-state index in [-0.39, 0.29) is 0 Å². The van der Waals surface area contributed by atoms with Crippen molar-refractivity contribution in [3.63, 3.8) is 0 Å². The molecule has 0 radical (unpaired) electrons. The van der Waals surface area contributed by atoms with Gasteiger partial charge in [0.2, 0.25) is 6.79 Å². The van der Waals surface area contributed by atoms with Gasteiger partial charge in [0, 0.05) is 35.8 Å². The Bertz CT molecular complexity index is 602. The van der Waals surface area contributed by atoms with E-state index in [2.05, 4.69) is 22.6 Å². The molecular formula is C14H16N2O3. The summed E-state index contributed by atoms with van der Waals surface area (Å²) >= 11 is 0. The van der Waals surface area contributed by atoms with Crippen LogP contribution in [0.5, 0.6) is 11.5 Å². The lowest BCUT2D eigenvalue weighted by Crippen LogP contribution is -2.42. The number of hydrogen-bond acceptors (Lipinski definition) is 4. The number of rotatable bonds is 2. The van der Waals surface area contributed by atoms with E-state index in [1.165, 1.54) is 10.9 Å². The van der Waals surface area contributed by atoms with Gasteiger partial charge >= 0.3 is 0 Å². The highest BCUT2D eigenvalue weighted by Gasteiger charge is 2.19. The molecular weight excluding hydrogens is 244 g/mol. The van der Waals surface area contributed by atoms with E-state index in [1.54, 1.807) is 0 Å². The van der Waals surface area contributed by atoms with Gasteiger partial charge in [-0.1, -0.05) is 0 Å². The van der Waals surface area contributed by atoms with E-state index in [9.17, 15) is 0 Å². The third-order valence-electron chi connectivity index (χ3n) is 3.73. The summed E-state index contributed by atoms with van der Waals surface area (Å²) in [5.74, 6) is 1.65. The Kier molecular flexibility index (Phi) is 2.60. The zero-order valence-electron chi connectivity index (χ0n) is 10.6. The highest BCUT2D eigenvalue weighted by atomic mass is 16.7. The van der Waals surface area contributed by atoms with Crippen LogP contribution in [0.15, 0.2) is 18.3 Å². The molecule has 1 fully saturated rings. The van der Waals surface area contributed by atoms with E-state index in [4.69, 9.17) is 14.2 Å². The summed E-state index contributed by atoms with van der Waals surface area (Å²) in [5, 5.41) is 4.68. The fourth-order valence-corrected chi connectivity index (χ4v) is 2.75. The first kappa shape index (κ1) is 11.1. The van der Waals surface area contributed by atoms with Gasteiger partial charge < -0.3 is 24.5 Å². The average molecular weight is 260 g/mol.